The third-order valence-electron chi connectivity index (χ3n) is 0.297. The van der Waals surface area contributed by atoms with E-state index in [0.717, 1.165) is 0 Å². The van der Waals surface area contributed by atoms with Crippen LogP contribution in [-0.4, -0.2) is 0 Å². The monoisotopic (exact) mass is 77.0 g/mol. The molecular formula is C6H5. The SMILES string of the molecule is C#C/C=C/[C]=C. The normalized spacial score (nSPS) is 7.83. The van der Waals surface area contributed by atoms with E-state index in [1.165, 1.54) is 6.08 Å². The highest BCUT2D eigenvalue weighted by molar-refractivity contribution is 5.11. The maximum atomic E-state index is 4.81. The Morgan fingerprint density at radius 2 is 2.17 bits per heavy atom. The van der Waals surface area contributed by atoms with Gasteiger partial charge >= 0.3 is 0 Å². The molecule has 1 radical (unpaired) electrons. The third-order valence-corrected chi connectivity index (χ3v) is 0.297. The average molecular weight is 77.1 g/mol. The van der Waals surface area contributed by atoms with E-state index in [9.17, 15) is 0 Å². The lowest BCUT2D eigenvalue weighted by Crippen LogP contribution is -1.41. The maximum absolute atomic E-state index is 4.81. The Bertz CT molecular complexity index is 91.1. The molecular weight excluding hydrogens is 72.1 g/mol. The lowest BCUT2D eigenvalue weighted by molar-refractivity contribution is 1.96. The highest BCUT2D eigenvalue weighted by atomic mass is 13.5. The van der Waals surface area contributed by atoms with Crippen LogP contribution < -0.4 is 0 Å². The number of allylic oxidation sites excluding steroid dienone is 3. The minimum atomic E-state index is 1.53. The zero-order valence-electron chi connectivity index (χ0n) is 3.44. The highest BCUT2D eigenvalue weighted by Gasteiger charge is 1.48. The average Bonchev–Trinajstić information content (AvgIpc) is 1.61. The van der Waals surface area contributed by atoms with Crippen LogP contribution in [-0.2, 0) is 0 Å². The van der Waals surface area contributed by atoms with Crippen molar-refractivity contribution in [2.75, 3.05) is 0 Å². The van der Waals surface area contributed by atoms with Crippen LogP contribution in [0.15, 0.2) is 18.7 Å². The summed E-state index contributed by atoms with van der Waals surface area (Å²) in [7, 11) is 0. The van der Waals surface area contributed by atoms with Crippen molar-refractivity contribution >= 4 is 0 Å². The van der Waals surface area contributed by atoms with Crippen LogP contribution in [0.5, 0.6) is 0 Å². The number of hydrogen-bond acceptors (Lipinski definition) is 0. The zero-order chi connectivity index (χ0) is 4.83. The van der Waals surface area contributed by atoms with Gasteiger partial charge in [-0.15, -0.1) is 6.42 Å². The number of terminal acetylenes is 1. The van der Waals surface area contributed by atoms with Crippen LogP contribution in [0.25, 0.3) is 0 Å². The fourth-order valence-corrected chi connectivity index (χ4v) is 0.107. The zero-order valence-corrected chi connectivity index (χ0v) is 3.44. The molecule has 0 unspecified atom stereocenters. The number of rotatable bonds is 1. The molecule has 0 aliphatic rings. The first-order valence-corrected chi connectivity index (χ1v) is 1.55. The fraction of sp³-hybridized carbons (Fsp3) is 0. The van der Waals surface area contributed by atoms with Crippen molar-refractivity contribution in [3.05, 3.63) is 24.8 Å². The first kappa shape index (κ1) is 5.04. The van der Waals surface area contributed by atoms with Crippen molar-refractivity contribution < 1.29 is 0 Å². The summed E-state index contributed by atoms with van der Waals surface area (Å²) >= 11 is 0. The molecule has 0 aromatic carbocycles. The first-order valence-electron chi connectivity index (χ1n) is 1.55. The molecule has 0 heteroatoms. The molecule has 0 nitrogen and oxygen atoms in total. The Morgan fingerprint density at radius 1 is 1.50 bits per heavy atom. The standard InChI is InChI=1S/C6H5/c1-3-5-6-4-2/h1,5-6H,2H2/b6-5+. The molecule has 0 aliphatic carbocycles. The quantitative estimate of drug-likeness (QED) is 0.325. The van der Waals surface area contributed by atoms with Crippen molar-refractivity contribution in [3.8, 4) is 12.3 Å². The van der Waals surface area contributed by atoms with Gasteiger partial charge in [0.1, 0.15) is 0 Å². The van der Waals surface area contributed by atoms with E-state index in [4.69, 9.17) is 6.42 Å². The molecule has 0 saturated carbocycles. The Kier molecular flexibility index (Phi) is 3.39. The summed E-state index contributed by atoms with van der Waals surface area (Å²) in [5, 5.41) is 0. The predicted molar refractivity (Wildman–Crippen MR) is 26.8 cm³/mol. The van der Waals surface area contributed by atoms with E-state index in [0.29, 0.717) is 0 Å². The van der Waals surface area contributed by atoms with Crippen LogP contribution in [0.4, 0.5) is 0 Å². The van der Waals surface area contributed by atoms with Gasteiger partial charge < -0.3 is 0 Å². The molecule has 6 heavy (non-hydrogen) atoms. The molecule has 29 valence electrons. The molecule has 0 fully saturated rings. The summed E-state index contributed by atoms with van der Waals surface area (Å²) in [5.74, 6) is 2.29. The second kappa shape index (κ2) is 4.04. The molecule has 0 saturated heterocycles. The Morgan fingerprint density at radius 3 is 2.33 bits per heavy atom. The van der Waals surface area contributed by atoms with E-state index < -0.39 is 0 Å². The van der Waals surface area contributed by atoms with Gasteiger partial charge in [-0.3, -0.25) is 0 Å². The van der Waals surface area contributed by atoms with Crippen molar-refractivity contribution in [3.63, 3.8) is 0 Å². The summed E-state index contributed by atoms with van der Waals surface area (Å²) in [5.41, 5.74) is 0. The van der Waals surface area contributed by atoms with Crippen LogP contribution >= 0.6 is 0 Å². The van der Waals surface area contributed by atoms with Gasteiger partial charge in [0, 0.05) is 0 Å². The van der Waals surface area contributed by atoms with Gasteiger partial charge in [-0.05, 0) is 18.2 Å². The summed E-state index contributed by atoms with van der Waals surface area (Å²) in [6.45, 7) is 3.29. The second-order valence-corrected chi connectivity index (χ2v) is 0.704. The fourth-order valence-electron chi connectivity index (χ4n) is 0.107. The van der Waals surface area contributed by atoms with Crippen molar-refractivity contribution in [1.82, 2.24) is 0 Å². The minimum Gasteiger partial charge on any atom is -0.115 e. The van der Waals surface area contributed by atoms with Gasteiger partial charge in [0.2, 0.25) is 0 Å². The molecule has 0 amide bonds. The van der Waals surface area contributed by atoms with E-state index in [1.807, 2.05) is 0 Å². The van der Waals surface area contributed by atoms with Crippen LogP contribution in [0.2, 0.25) is 0 Å². The molecule has 0 aliphatic heterocycles. The molecule has 0 spiro atoms. The minimum absolute atomic E-state index is 1.53. The summed E-state index contributed by atoms with van der Waals surface area (Å²) in [6, 6.07) is 0. The van der Waals surface area contributed by atoms with E-state index in [1.54, 1.807) is 6.08 Å². The first-order chi connectivity index (χ1) is 2.91. The van der Waals surface area contributed by atoms with Gasteiger partial charge in [0.25, 0.3) is 0 Å². The Balaban J connectivity index is 3.26. The Labute approximate surface area is 38.2 Å². The molecule has 0 aromatic rings. The predicted octanol–water partition coefficient (Wildman–Crippen LogP) is 1.16. The Hall–Kier alpha value is -0.960. The molecule has 0 heterocycles. The van der Waals surface area contributed by atoms with Gasteiger partial charge in [-0.2, -0.15) is 0 Å². The largest absolute Gasteiger partial charge is 0.115 e. The van der Waals surface area contributed by atoms with Crippen LogP contribution in [0, 0.1) is 18.4 Å². The molecule has 0 rings (SSSR count). The van der Waals surface area contributed by atoms with E-state index in [2.05, 4.69) is 18.6 Å². The molecule has 0 N–H and O–H groups in total. The van der Waals surface area contributed by atoms with Gasteiger partial charge in [0.05, 0.1) is 0 Å². The van der Waals surface area contributed by atoms with Crippen LogP contribution in [0.3, 0.4) is 0 Å². The smallest absolute Gasteiger partial charge is 0.0116 e. The molecule has 0 aromatic heterocycles. The van der Waals surface area contributed by atoms with Gasteiger partial charge in [-0.25, -0.2) is 0 Å². The maximum Gasteiger partial charge on any atom is -0.0116 e. The van der Waals surface area contributed by atoms with Crippen molar-refractivity contribution in [2.45, 2.75) is 0 Å². The molecule has 0 atom stereocenters. The van der Waals surface area contributed by atoms with Crippen LogP contribution in [0.1, 0.15) is 0 Å². The second-order valence-electron chi connectivity index (χ2n) is 0.704. The van der Waals surface area contributed by atoms with Crippen molar-refractivity contribution in [1.29, 1.82) is 0 Å². The summed E-state index contributed by atoms with van der Waals surface area (Å²) < 4.78 is 0. The number of hydrogen-bond donors (Lipinski definition) is 0. The highest BCUT2D eigenvalue weighted by Crippen LogP contribution is 1.63. The van der Waals surface area contributed by atoms with Gasteiger partial charge in [-0.1, -0.05) is 12.5 Å². The summed E-state index contributed by atoms with van der Waals surface area (Å²) in [6.07, 6.45) is 10.4. The van der Waals surface area contributed by atoms with E-state index in [-0.39, 0.29) is 0 Å². The van der Waals surface area contributed by atoms with E-state index >= 15 is 0 Å². The third kappa shape index (κ3) is 3.04. The molecule has 0 bridgehead atoms. The van der Waals surface area contributed by atoms with Crippen molar-refractivity contribution in [2.24, 2.45) is 0 Å². The summed E-state index contributed by atoms with van der Waals surface area (Å²) in [4.78, 5) is 0. The lowest BCUT2D eigenvalue weighted by atomic mass is 10.5. The lowest BCUT2D eigenvalue weighted by Gasteiger charge is -1.56. The van der Waals surface area contributed by atoms with Gasteiger partial charge in [0.15, 0.2) is 0 Å². The topological polar surface area (TPSA) is 0 Å².